The Morgan fingerprint density at radius 2 is 1.80 bits per heavy atom. The maximum absolute atomic E-state index is 13.5. The van der Waals surface area contributed by atoms with Crippen molar-refractivity contribution in [2.45, 2.75) is 27.7 Å². The minimum absolute atomic E-state index is 0.354. The molecule has 1 amide bonds. The molecule has 4 aromatic rings. The average Bonchev–Trinajstić information content (AvgIpc) is 3.26. The topological polar surface area (TPSA) is 60.7 Å². The second-order valence-corrected chi connectivity index (χ2v) is 8.12. The van der Waals surface area contributed by atoms with Gasteiger partial charge in [-0.2, -0.15) is 0 Å². The van der Waals surface area contributed by atoms with E-state index in [1.165, 1.54) is 18.2 Å². The van der Waals surface area contributed by atoms with Gasteiger partial charge in [0.1, 0.15) is 22.9 Å². The monoisotopic (exact) mass is 473 g/mol. The van der Waals surface area contributed by atoms with Crippen LogP contribution in [0.1, 0.15) is 31.9 Å². The zero-order valence-electron chi connectivity index (χ0n) is 20.3. The molecule has 35 heavy (non-hydrogen) atoms. The molecule has 5 nitrogen and oxygen atoms in total. The van der Waals surface area contributed by atoms with Crippen LogP contribution in [-0.2, 0) is 4.79 Å². The van der Waals surface area contributed by atoms with E-state index in [2.05, 4.69) is 5.32 Å². The molecule has 0 radical (unpaired) electrons. The molecule has 1 heterocycles. The van der Waals surface area contributed by atoms with E-state index >= 15 is 0 Å². The highest BCUT2D eigenvalue weighted by Gasteiger charge is 2.19. The Morgan fingerprint density at radius 1 is 1.06 bits per heavy atom. The Labute approximate surface area is 204 Å². The van der Waals surface area contributed by atoms with Crippen LogP contribution in [0, 0.1) is 12.7 Å². The lowest BCUT2D eigenvalue weighted by Gasteiger charge is -2.15. The molecule has 0 bridgehead atoms. The quantitative estimate of drug-likeness (QED) is 0.271. The lowest BCUT2D eigenvalue weighted by molar-refractivity contribution is -0.111. The first-order valence-corrected chi connectivity index (χ1v) is 11.6. The number of hydrogen-bond donors (Lipinski definition) is 1. The van der Waals surface area contributed by atoms with E-state index in [1.807, 2.05) is 58.0 Å². The van der Waals surface area contributed by atoms with Gasteiger partial charge in [0.2, 0.25) is 5.91 Å². The van der Waals surface area contributed by atoms with Gasteiger partial charge in [-0.25, -0.2) is 4.39 Å². The van der Waals surface area contributed by atoms with Crippen molar-refractivity contribution in [3.8, 4) is 22.6 Å². The van der Waals surface area contributed by atoms with E-state index in [4.69, 9.17) is 13.9 Å². The van der Waals surface area contributed by atoms with Crippen molar-refractivity contribution >= 4 is 28.1 Å². The first-order valence-electron chi connectivity index (χ1n) is 11.6. The van der Waals surface area contributed by atoms with Gasteiger partial charge in [-0.3, -0.25) is 4.79 Å². The minimum atomic E-state index is -0.412. The molecule has 180 valence electrons. The molecule has 4 rings (SSSR count). The van der Waals surface area contributed by atoms with Crippen LogP contribution in [0.2, 0.25) is 0 Å². The molecule has 0 spiro atoms. The van der Waals surface area contributed by atoms with E-state index in [0.29, 0.717) is 30.2 Å². The molecule has 0 aliphatic rings. The first kappa shape index (κ1) is 24.1. The van der Waals surface area contributed by atoms with Gasteiger partial charge in [-0.05, 0) is 75.2 Å². The van der Waals surface area contributed by atoms with E-state index in [-0.39, 0.29) is 5.91 Å². The molecule has 1 N–H and O–H groups in total. The summed E-state index contributed by atoms with van der Waals surface area (Å²) in [4.78, 5) is 12.7. The van der Waals surface area contributed by atoms with Crippen LogP contribution in [0.3, 0.4) is 0 Å². The standard InChI is InChI=1S/C29H28FNO4/c1-5-33-23-12-10-20(11-13-23)26-17-35-29-19(4)28(34-6-2)24(16-25(26)29)18(3)14-27(32)31-22-9-7-8-21(30)15-22/h7-17H,5-6H2,1-4H3,(H,31,32)/b18-14+. The van der Waals surface area contributed by atoms with Crippen molar-refractivity contribution in [2.75, 3.05) is 18.5 Å². The summed E-state index contributed by atoms with van der Waals surface area (Å²) in [7, 11) is 0. The number of amides is 1. The van der Waals surface area contributed by atoms with Gasteiger partial charge in [0.15, 0.2) is 0 Å². The van der Waals surface area contributed by atoms with Gasteiger partial charge in [-0.15, -0.1) is 0 Å². The number of rotatable bonds is 8. The number of benzene rings is 3. The molecule has 0 atom stereocenters. The van der Waals surface area contributed by atoms with Gasteiger partial charge in [0, 0.05) is 33.8 Å². The molecule has 0 aliphatic heterocycles. The number of allylic oxidation sites excluding steroid dienone is 1. The van der Waals surface area contributed by atoms with E-state index in [0.717, 1.165) is 39.0 Å². The van der Waals surface area contributed by atoms with Crippen molar-refractivity contribution in [2.24, 2.45) is 0 Å². The average molecular weight is 474 g/mol. The molecule has 0 aliphatic carbocycles. The van der Waals surface area contributed by atoms with Crippen LogP contribution in [0.5, 0.6) is 11.5 Å². The summed E-state index contributed by atoms with van der Waals surface area (Å²) in [6.45, 7) is 8.74. The number of anilines is 1. The van der Waals surface area contributed by atoms with Gasteiger partial charge in [0.05, 0.1) is 19.5 Å². The van der Waals surface area contributed by atoms with Crippen molar-refractivity contribution in [3.63, 3.8) is 0 Å². The maximum atomic E-state index is 13.5. The number of aryl methyl sites for hydroxylation is 1. The van der Waals surface area contributed by atoms with E-state index < -0.39 is 5.82 Å². The van der Waals surface area contributed by atoms with Crippen LogP contribution in [0.4, 0.5) is 10.1 Å². The predicted octanol–water partition coefficient (Wildman–Crippen LogP) is 7.39. The number of halogens is 1. The van der Waals surface area contributed by atoms with Crippen LogP contribution in [-0.4, -0.2) is 19.1 Å². The van der Waals surface area contributed by atoms with Gasteiger partial charge < -0.3 is 19.2 Å². The molecule has 1 aromatic heterocycles. The SMILES string of the molecule is CCOc1ccc(-c2coc3c(C)c(OCC)c(/C(C)=C/C(=O)Nc4cccc(F)c4)cc23)cc1. The fourth-order valence-corrected chi connectivity index (χ4v) is 4.08. The molecule has 0 unspecified atom stereocenters. The van der Waals surface area contributed by atoms with Crippen molar-refractivity contribution in [1.82, 2.24) is 0 Å². The minimum Gasteiger partial charge on any atom is -0.494 e. The Hall–Kier alpha value is -4.06. The molecule has 0 fully saturated rings. The molecule has 0 saturated carbocycles. The number of fused-ring (bicyclic) bond motifs is 1. The molecule has 3 aromatic carbocycles. The van der Waals surface area contributed by atoms with Crippen LogP contribution < -0.4 is 14.8 Å². The largest absolute Gasteiger partial charge is 0.494 e. The van der Waals surface area contributed by atoms with Crippen molar-refractivity contribution < 1.29 is 23.1 Å². The lowest BCUT2D eigenvalue weighted by Crippen LogP contribution is -2.09. The Morgan fingerprint density at radius 3 is 2.49 bits per heavy atom. The summed E-state index contributed by atoms with van der Waals surface area (Å²) in [5.41, 5.74) is 5.42. The maximum Gasteiger partial charge on any atom is 0.248 e. The number of carbonyl (C=O) groups is 1. The summed E-state index contributed by atoms with van der Waals surface area (Å²) < 4.78 is 31.0. The fraction of sp³-hybridized carbons (Fsp3) is 0.207. The predicted molar refractivity (Wildman–Crippen MR) is 137 cm³/mol. The number of hydrogen-bond acceptors (Lipinski definition) is 4. The van der Waals surface area contributed by atoms with Gasteiger partial charge >= 0.3 is 0 Å². The molecular formula is C29H28FNO4. The molecular weight excluding hydrogens is 445 g/mol. The summed E-state index contributed by atoms with van der Waals surface area (Å²) in [6.07, 6.45) is 3.23. The molecule has 0 saturated heterocycles. The van der Waals surface area contributed by atoms with Gasteiger partial charge in [-0.1, -0.05) is 18.2 Å². The third kappa shape index (κ3) is 5.22. The van der Waals surface area contributed by atoms with Crippen LogP contribution in [0.25, 0.3) is 27.7 Å². The van der Waals surface area contributed by atoms with E-state index in [1.54, 1.807) is 18.4 Å². The first-order chi connectivity index (χ1) is 16.9. The lowest BCUT2D eigenvalue weighted by atomic mass is 9.96. The zero-order valence-corrected chi connectivity index (χ0v) is 20.3. The van der Waals surface area contributed by atoms with Crippen LogP contribution >= 0.6 is 0 Å². The number of furan rings is 1. The van der Waals surface area contributed by atoms with Gasteiger partial charge in [0.25, 0.3) is 0 Å². The van der Waals surface area contributed by atoms with Crippen molar-refractivity contribution in [1.29, 1.82) is 0 Å². The summed E-state index contributed by atoms with van der Waals surface area (Å²) in [6, 6.07) is 15.6. The molecule has 6 heteroatoms. The second kappa shape index (κ2) is 10.5. The smallest absolute Gasteiger partial charge is 0.248 e. The number of nitrogens with one attached hydrogen (secondary N) is 1. The van der Waals surface area contributed by atoms with E-state index in [9.17, 15) is 9.18 Å². The zero-order chi connectivity index (χ0) is 24.9. The third-order valence-electron chi connectivity index (χ3n) is 5.67. The Balaban J connectivity index is 1.75. The highest BCUT2D eigenvalue weighted by molar-refractivity contribution is 6.06. The number of ether oxygens (including phenoxy) is 2. The van der Waals surface area contributed by atoms with Crippen molar-refractivity contribution in [3.05, 3.63) is 83.9 Å². The highest BCUT2D eigenvalue weighted by Crippen LogP contribution is 2.41. The normalized spacial score (nSPS) is 11.5. The van der Waals surface area contributed by atoms with Crippen LogP contribution in [0.15, 0.2) is 71.4 Å². The Kier molecular flexibility index (Phi) is 7.20. The third-order valence-corrected chi connectivity index (χ3v) is 5.67. The summed E-state index contributed by atoms with van der Waals surface area (Å²) in [5, 5.41) is 3.63. The second-order valence-electron chi connectivity index (χ2n) is 8.12. The fourth-order valence-electron chi connectivity index (χ4n) is 4.08. The summed E-state index contributed by atoms with van der Waals surface area (Å²) >= 11 is 0. The number of carbonyl (C=O) groups excluding carboxylic acids is 1. The Bertz CT molecular complexity index is 1390. The summed E-state index contributed by atoms with van der Waals surface area (Å²) in [5.74, 6) is 0.708. The highest BCUT2D eigenvalue weighted by atomic mass is 19.1.